The monoisotopic (exact) mass is 326 g/mol. The molecule has 0 atom stereocenters. The van der Waals surface area contributed by atoms with E-state index < -0.39 is 6.36 Å². The standard InChI is InChI=1S/C12H14BrF3O2/c1-11(2,7-13)8-17-9-5-3-4-6-10(9)18-12(14,15)16/h3-6H,7-8H2,1-2H3. The lowest BCUT2D eigenvalue weighted by molar-refractivity contribution is -0.275. The van der Waals surface area contributed by atoms with E-state index in [1.807, 2.05) is 13.8 Å². The second-order valence-electron chi connectivity index (χ2n) is 4.58. The topological polar surface area (TPSA) is 18.5 Å². The lowest BCUT2D eigenvalue weighted by Crippen LogP contribution is -2.23. The van der Waals surface area contributed by atoms with Crippen LogP contribution >= 0.6 is 15.9 Å². The maximum atomic E-state index is 12.2. The summed E-state index contributed by atoms with van der Waals surface area (Å²) in [6.45, 7) is 4.17. The molecule has 0 N–H and O–H groups in total. The Kier molecular flexibility index (Phi) is 4.90. The summed E-state index contributed by atoms with van der Waals surface area (Å²) in [6.07, 6.45) is -4.72. The van der Waals surface area contributed by atoms with Crippen LogP contribution in [0.4, 0.5) is 13.2 Å². The molecule has 6 heteroatoms. The van der Waals surface area contributed by atoms with Crippen LogP contribution in [0, 0.1) is 5.41 Å². The van der Waals surface area contributed by atoms with E-state index in [9.17, 15) is 13.2 Å². The summed E-state index contributed by atoms with van der Waals surface area (Å²) >= 11 is 3.32. The van der Waals surface area contributed by atoms with Gasteiger partial charge in [0.25, 0.3) is 0 Å². The summed E-state index contributed by atoms with van der Waals surface area (Å²) in [7, 11) is 0. The van der Waals surface area contributed by atoms with E-state index in [1.54, 1.807) is 6.07 Å². The normalized spacial score (nSPS) is 12.3. The van der Waals surface area contributed by atoms with E-state index in [1.165, 1.54) is 18.2 Å². The van der Waals surface area contributed by atoms with Gasteiger partial charge < -0.3 is 9.47 Å². The number of alkyl halides is 4. The zero-order chi connectivity index (χ0) is 13.8. The molecule has 0 spiro atoms. The van der Waals surface area contributed by atoms with Crippen molar-refractivity contribution in [3.05, 3.63) is 24.3 Å². The molecular formula is C12H14BrF3O2. The number of benzene rings is 1. The third kappa shape index (κ3) is 5.16. The van der Waals surface area contributed by atoms with E-state index in [2.05, 4.69) is 20.7 Å². The Labute approximate surface area is 112 Å². The molecule has 0 bridgehead atoms. The van der Waals surface area contributed by atoms with Gasteiger partial charge in [0.15, 0.2) is 11.5 Å². The Hall–Kier alpha value is -0.910. The van der Waals surface area contributed by atoms with Crippen molar-refractivity contribution in [3.63, 3.8) is 0 Å². The molecule has 1 aromatic carbocycles. The molecule has 0 unspecified atom stereocenters. The highest BCUT2D eigenvalue weighted by Crippen LogP contribution is 2.33. The summed E-state index contributed by atoms with van der Waals surface area (Å²) < 4.78 is 45.8. The summed E-state index contributed by atoms with van der Waals surface area (Å²) in [6, 6.07) is 5.73. The van der Waals surface area contributed by atoms with Gasteiger partial charge in [-0.3, -0.25) is 0 Å². The molecule has 2 nitrogen and oxygen atoms in total. The third-order valence-electron chi connectivity index (χ3n) is 2.06. The summed E-state index contributed by atoms with van der Waals surface area (Å²) in [5, 5.41) is 0.683. The Morgan fingerprint density at radius 3 is 2.17 bits per heavy atom. The van der Waals surface area contributed by atoms with Gasteiger partial charge in [0.05, 0.1) is 6.61 Å². The number of hydrogen-bond acceptors (Lipinski definition) is 2. The zero-order valence-corrected chi connectivity index (χ0v) is 11.6. The van der Waals surface area contributed by atoms with Crippen molar-refractivity contribution in [2.24, 2.45) is 5.41 Å². The van der Waals surface area contributed by atoms with Crippen molar-refractivity contribution >= 4 is 15.9 Å². The van der Waals surface area contributed by atoms with Gasteiger partial charge in [-0.2, -0.15) is 0 Å². The highest BCUT2D eigenvalue weighted by molar-refractivity contribution is 9.09. The molecule has 0 saturated carbocycles. The third-order valence-corrected chi connectivity index (χ3v) is 3.57. The van der Waals surface area contributed by atoms with Crippen molar-refractivity contribution in [1.82, 2.24) is 0 Å². The van der Waals surface area contributed by atoms with Crippen LogP contribution in [0.1, 0.15) is 13.8 Å². The Morgan fingerprint density at radius 1 is 1.11 bits per heavy atom. The van der Waals surface area contributed by atoms with Crippen molar-refractivity contribution in [3.8, 4) is 11.5 Å². The van der Waals surface area contributed by atoms with Crippen molar-refractivity contribution in [2.75, 3.05) is 11.9 Å². The highest BCUT2D eigenvalue weighted by Gasteiger charge is 2.32. The van der Waals surface area contributed by atoms with Gasteiger partial charge in [0.1, 0.15) is 0 Å². The molecule has 0 radical (unpaired) electrons. The number of hydrogen-bond donors (Lipinski definition) is 0. The van der Waals surface area contributed by atoms with Crippen LogP contribution < -0.4 is 9.47 Å². The van der Waals surface area contributed by atoms with Gasteiger partial charge in [-0.15, -0.1) is 13.2 Å². The van der Waals surface area contributed by atoms with Gasteiger partial charge >= 0.3 is 6.36 Å². The maximum absolute atomic E-state index is 12.2. The molecule has 0 heterocycles. The molecule has 0 saturated heterocycles. The second-order valence-corrected chi connectivity index (χ2v) is 5.14. The lowest BCUT2D eigenvalue weighted by atomic mass is 9.98. The molecule has 0 amide bonds. The fraction of sp³-hybridized carbons (Fsp3) is 0.500. The Balaban J connectivity index is 2.77. The van der Waals surface area contributed by atoms with E-state index in [-0.39, 0.29) is 23.5 Å². The van der Waals surface area contributed by atoms with E-state index in [4.69, 9.17) is 4.74 Å². The molecule has 0 aliphatic carbocycles. The summed E-state index contributed by atoms with van der Waals surface area (Å²) in [5.41, 5.74) is -0.175. The van der Waals surface area contributed by atoms with Crippen LogP contribution in [0.25, 0.3) is 0 Å². The first-order valence-corrected chi connectivity index (χ1v) is 6.39. The first-order chi connectivity index (χ1) is 8.23. The largest absolute Gasteiger partial charge is 0.573 e. The Morgan fingerprint density at radius 2 is 1.67 bits per heavy atom. The average Bonchev–Trinajstić information content (AvgIpc) is 2.26. The SMILES string of the molecule is CC(C)(CBr)COc1ccccc1OC(F)(F)F. The zero-order valence-electron chi connectivity index (χ0n) is 10.1. The van der Waals surface area contributed by atoms with Crippen LogP contribution in [0.2, 0.25) is 0 Å². The first-order valence-electron chi connectivity index (χ1n) is 5.27. The van der Waals surface area contributed by atoms with Gasteiger partial charge in [-0.1, -0.05) is 41.9 Å². The van der Waals surface area contributed by atoms with Crippen molar-refractivity contribution in [1.29, 1.82) is 0 Å². The molecule has 1 aromatic rings. The van der Waals surface area contributed by atoms with Crippen LogP contribution in [0.15, 0.2) is 24.3 Å². The highest BCUT2D eigenvalue weighted by atomic mass is 79.9. The maximum Gasteiger partial charge on any atom is 0.573 e. The lowest BCUT2D eigenvalue weighted by Gasteiger charge is -2.22. The van der Waals surface area contributed by atoms with E-state index in [0.29, 0.717) is 5.33 Å². The Bertz CT molecular complexity index is 391. The number of para-hydroxylation sites is 2. The quantitative estimate of drug-likeness (QED) is 0.747. The predicted molar refractivity (Wildman–Crippen MR) is 66.2 cm³/mol. The minimum Gasteiger partial charge on any atom is -0.489 e. The van der Waals surface area contributed by atoms with E-state index >= 15 is 0 Å². The number of halogens is 4. The van der Waals surface area contributed by atoms with Crippen molar-refractivity contribution in [2.45, 2.75) is 20.2 Å². The van der Waals surface area contributed by atoms with Crippen LogP contribution in [-0.4, -0.2) is 18.3 Å². The number of rotatable bonds is 5. The van der Waals surface area contributed by atoms with Gasteiger partial charge in [0, 0.05) is 10.7 Å². The molecule has 0 aromatic heterocycles. The molecule has 102 valence electrons. The fourth-order valence-corrected chi connectivity index (χ4v) is 1.25. The summed E-state index contributed by atoms with van der Waals surface area (Å²) in [5.74, 6) is -0.237. The number of ether oxygens (including phenoxy) is 2. The van der Waals surface area contributed by atoms with Crippen LogP contribution in [-0.2, 0) is 0 Å². The first kappa shape index (κ1) is 15.1. The average molecular weight is 327 g/mol. The van der Waals surface area contributed by atoms with Crippen molar-refractivity contribution < 1.29 is 22.6 Å². The van der Waals surface area contributed by atoms with Gasteiger partial charge in [0.2, 0.25) is 0 Å². The minimum absolute atomic E-state index is 0.0869. The smallest absolute Gasteiger partial charge is 0.489 e. The summed E-state index contributed by atoms with van der Waals surface area (Å²) in [4.78, 5) is 0. The molecule has 0 fully saturated rings. The molecular weight excluding hydrogens is 313 g/mol. The molecule has 18 heavy (non-hydrogen) atoms. The molecule has 0 aliphatic rings. The fourth-order valence-electron chi connectivity index (χ4n) is 1.09. The predicted octanol–water partition coefficient (Wildman–Crippen LogP) is 4.39. The van der Waals surface area contributed by atoms with Crippen LogP contribution in [0.5, 0.6) is 11.5 Å². The van der Waals surface area contributed by atoms with Gasteiger partial charge in [-0.25, -0.2) is 0 Å². The van der Waals surface area contributed by atoms with Gasteiger partial charge in [-0.05, 0) is 12.1 Å². The van der Waals surface area contributed by atoms with E-state index in [0.717, 1.165) is 0 Å². The minimum atomic E-state index is -4.72. The second kappa shape index (κ2) is 5.82. The molecule has 0 aliphatic heterocycles. The van der Waals surface area contributed by atoms with Crippen LogP contribution in [0.3, 0.4) is 0 Å². The molecule has 1 rings (SSSR count).